The molecule has 0 heterocycles. The van der Waals surface area contributed by atoms with Crippen molar-refractivity contribution in [3.05, 3.63) is 104 Å². The molecule has 0 amide bonds. The van der Waals surface area contributed by atoms with Gasteiger partial charge in [0.25, 0.3) is 0 Å². The Morgan fingerprint density at radius 1 is 1.00 bits per heavy atom. The van der Waals surface area contributed by atoms with Crippen molar-refractivity contribution < 1.29 is 27.7 Å². The molecule has 2 radical (unpaired) electrons. The van der Waals surface area contributed by atoms with Gasteiger partial charge in [0, 0.05) is 0 Å². The number of benzene rings is 2. The maximum absolute atomic E-state index is 13.2. The predicted octanol–water partition coefficient (Wildman–Crippen LogP) is 7.60. The molecule has 1 unspecified atom stereocenters. The van der Waals surface area contributed by atoms with Crippen molar-refractivity contribution in [2.75, 3.05) is 0 Å². The zero-order valence-corrected chi connectivity index (χ0v) is 21.7. The molecule has 1 atom stereocenters. The van der Waals surface area contributed by atoms with E-state index in [1.807, 2.05) is 24.3 Å². The minimum atomic E-state index is -0.192. The standard InChI is InChI=1S/C15H10F.C9H13.2CH3.Si.Zr/c16-13-6-3-5-12(10-13)15-9-8-11-4-1-2-7-14(11)15;1-6-5-7(2)9(4)8(6)3;;;;/h1-10H;6H,1-4H3;2*1H3;;/q4*-1;;. The third-order valence-electron chi connectivity index (χ3n) is 5.05. The van der Waals surface area contributed by atoms with Crippen molar-refractivity contribution in [3.8, 4) is 11.1 Å². The van der Waals surface area contributed by atoms with Crippen LogP contribution in [0.3, 0.4) is 0 Å². The van der Waals surface area contributed by atoms with E-state index < -0.39 is 0 Å². The van der Waals surface area contributed by atoms with E-state index in [2.05, 4.69) is 58.8 Å². The molecule has 29 heavy (non-hydrogen) atoms. The van der Waals surface area contributed by atoms with E-state index in [-0.39, 0.29) is 20.7 Å². The summed E-state index contributed by atoms with van der Waals surface area (Å²) in [6.07, 6.45) is 3.36. The van der Waals surface area contributed by atoms with E-state index in [0.717, 1.165) is 11.1 Å². The van der Waals surface area contributed by atoms with Gasteiger partial charge in [-0.25, -0.2) is 9.96 Å². The fourth-order valence-electron chi connectivity index (χ4n) is 3.22. The van der Waals surface area contributed by atoms with E-state index in [1.165, 1.54) is 56.9 Å². The average Bonchev–Trinajstić information content (AvgIpc) is 3.21. The van der Waals surface area contributed by atoms with Crippen LogP contribution < -0.4 is 0 Å². The Morgan fingerprint density at radius 2 is 1.66 bits per heavy atom. The molecular weight excluding hydrogens is 451 g/mol. The molecule has 0 saturated carbocycles. The Balaban J connectivity index is 0.000000524. The Morgan fingerprint density at radius 3 is 2.17 bits per heavy atom. The summed E-state index contributed by atoms with van der Waals surface area (Å²) in [6.45, 7) is 11.7. The summed E-state index contributed by atoms with van der Waals surface area (Å²) < 4.78 is 13.2. The van der Waals surface area contributed by atoms with Crippen LogP contribution in [0.4, 0.5) is 4.39 Å². The average molecular weight is 480 g/mol. The fourth-order valence-corrected chi connectivity index (χ4v) is 3.22. The second-order valence-electron chi connectivity index (χ2n) is 6.64. The summed E-state index contributed by atoms with van der Waals surface area (Å²) >= 11 is 1.36. The van der Waals surface area contributed by atoms with E-state index in [0.29, 0.717) is 5.92 Å². The summed E-state index contributed by atoms with van der Waals surface area (Å²) in [6, 6.07) is 19.0. The van der Waals surface area contributed by atoms with E-state index >= 15 is 0 Å². The molecule has 0 aliphatic heterocycles. The van der Waals surface area contributed by atoms with Crippen LogP contribution in [-0.2, 0) is 23.3 Å². The predicted molar refractivity (Wildman–Crippen MR) is 123 cm³/mol. The third-order valence-corrected chi connectivity index (χ3v) is 5.05. The normalized spacial score (nSPS) is 14.5. The molecule has 0 saturated heterocycles. The molecule has 0 N–H and O–H groups in total. The summed E-state index contributed by atoms with van der Waals surface area (Å²) in [5.74, 6) is 0.368. The van der Waals surface area contributed by atoms with E-state index in [4.69, 9.17) is 0 Å². The quantitative estimate of drug-likeness (QED) is 0.249. The fraction of sp³-hybridized carbons (Fsp3) is 0.192. The van der Waals surface area contributed by atoms with Crippen molar-refractivity contribution in [1.82, 2.24) is 0 Å². The van der Waals surface area contributed by atoms with E-state index in [9.17, 15) is 4.39 Å². The van der Waals surface area contributed by atoms with Crippen molar-refractivity contribution >= 4 is 17.7 Å². The zero-order chi connectivity index (χ0) is 20.0. The topological polar surface area (TPSA) is 0 Å². The Bertz CT molecular complexity index is 981. The molecule has 3 aromatic carbocycles. The van der Waals surface area contributed by atoms with Gasteiger partial charge in [0.2, 0.25) is 0 Å². The summed E-state index contributed by atoms with van der Waals surface area (Å²) in [5.41, 5.74) is 6.27. The van der Waals surface area contributed by atoms with Crippen molar-refractivity contribution in [1.29, 1.82) is 0 Å². The molecule has 1 aliphatic carbocycles. The zero-order valence-electron chi connectivity index (χ0n) is 18.2. The van der Waals surface area contributed by atoms with Gasteiger partial charge in [-0.1, -0.05) is 50.5 Å². The summed E-state index contributed by atoms with van der Waals surface area (Å²) in [7, 11) is 0. The third kappa shape index (κ3) is 6.79. The van der Waals surface area contributed by atoms with Gasteiger partial charge in [0.15, 0.2) is 0 Å². The summed E-state index contributed by atoms with van der Waals surface area (Å²) in [5, 5.41) is 2.37. The van der Waals surface area contributed by atoms with Gasteiger partial charge >= 0.3 is 30.2 Å². The van der Waals surface area contributed by atoms with Gasteiger partial charge in [-0.3, -0.25) is 6.08 Å². The van der Waals surface area contributed by atoms with Crippen LogP contribution in [0.5, 0.6) is 0 Å². The second-order valence-corrected chi connectivity index (χ2v) is 6.64. The number of hydrogen-bond acceptors (Lipinski definition) is 0. The monoisotopic (exact) mass is 478 g/mol. The molecule has 152 valence electrons. The molecule has 3 heteroatoms. The van der Waals surface area contributed by atoms with Gasteiger partial charge in [-0.15, -0.1) is 53.6 Å². The van der Waals surface area contributed by atoms with Crippen LogP contribution in [0.2, 0.25) is 0 Å². The second kappa shape index (κ2) is 13.0. The molecule has 0 spiro atoms. The van der Waals surface area contributed by atoms with Gasteiger partial charge in [-0.2, -0.15) is 11.1 Å². The number of rotatable bonds is 1. The number of halogens is 1. The number of allylic oxidation sites excluding steroid dienone is 4. The van der Waals surface area contributed by atoms with Crippen molar-refractivity contribution in [2.24, 2.45) is 5.92 Å². The Hall–Kier alpha value is -1.44. The SMILES string of the molecule is CC1=[C-]C(C)C(C)=C1C.Fc1cccc(-c2c[cH-]c3ccccc23)c1.[CH3-].[CH3-].[Si]=[Zr]. The molecule has 0 aromatic heterocycles. The Labute approximate surface area is 193 Å². The van der Waals surface area contributed by atoms with Crippen molar-refractivity contribution in [3.63, 3.8) is 0 Å². The first kappa shape index (κ1) is 27.6. The van der Waals surface area contributed by atoms with Crippen LogP contribution in [0.25, 0.3) is 21.9 Å². The molecule has 0 nitrogen and oxygen atoms in total. The first-order valence-electron chi connectivity index (χ1n) is 8.90. The first-order valence-corrected chi connectivity index (χ1v) is 13.1. The van der Waals surface area contributed by atoms with Crippen LogP contribution in [0, 0.1) is 32.7 Å². The van der Waals surface area contributed by atoms with Gasteiger partial charge in [0.05, 0.1) is 0 Å². The molecule has 1 aliphatic rings. The first-order chi connectivity index (χ1) is 13.0. The number of hydrogen-bond donors (Lipinski definition) is 0. The van der Waals surface area contributed by atoms with Gasteiger partial charge < -0.3 is 14.9 Å². The van der Waals surface area contributed by atoms with Crippen LogP contribution in [0.1, 0.15) is 27.7 Å². The van der Waals surface area contributed by atoms with Crippen LogP contribution in [0.15, 0.2) is 77.4 Å². The molecular formula is C26H29FSiZr-4. The van der Waals surface area contributed by atoms with Gasteiger partial charge in [-0.05, 0) is 12.1 Å². The van der Waals surface area contributed by atoms with Crippen molar-refractivity contribution in [2.45, 2.75) is 27.7 Å². The van der Waals surface area contributed by atoms with Crippen LogP contribution >= 0.6 is 0 Å². The molecule has 3 aromatic rings. The Kier molecular flexibility index (Phi) is 12.3. The minimum absolute atomic E-state index is 0. The maximum atomic E-state index is 13.2. The summed E-state index contributed by atoms with van der Waals surface area (Å²) in [4.78, 5) is 0. The number of fused-ring (bicyclic) bond motifs is 1. The molecule has 0 bridgehead atoms. The van der Waals surface area contributed by atoms with Gasteiger partial charge in [0.1, 0.15) is 5.82 Å². The van der Waals surface area contributed by atoms with Crippen LogP contribution in [-0.4, -0.2) is 6.88 Å². The molecule has 0 fully saturated rings. The molecule has 4 rings (SSSR count). The van der Waals surface area contributed by atoms with E-state index in [1.54, 1.807) is 12.1 Å².